The maximum atomic E-state index is 12.4. The molecular weight excluding hydrogens is 305 g/mol. The van der Waals surface area contributed by atoms with Gasteiger partial charge in [0.15, 0.2) is 10.3 Å². The molecule has 0 bridgehead atoms. The number of carbonyl (C=O) groups is 1. The van der Waals surface area contributed by atoms with E-state index < -0.39 is 0 Å². The topological polar surface area (TPSA) is 46.1 Å². The van der Waals surface area contributed by atoms with Crippen LogP contribution in [0.25, 0.3) is 0 Å². The monoisotopic (exact) mass is 319 g/mol. The van der Waals surface area contributed by atoms with Crippen molar-refractivity contribution < 1.29 is 4.79 Å². The first-order valence-corrected chi connectivity index (χ1v) is 7.75. The van der Waals surface area contributed by atoms with Crippen LogP contribution in [0.3, 0.4) is 0 Å². The Hall–Kier alpha value is -0.520. The second-order valence-electron chi connectivity index (χ2n) is 5.02. The summed E-state index contributed by atoms with van der Waals surface area (Å²) < 4.78 is 0.201. The Morgan fingerprint density at radius 1 is 1.37 bits per heavy atom. The summed E-state index contributed by atoms with van der Waals surface area (Å²) in [5, 5.41) is 7.57. The van der Waals surface area contributed by atoms with Crippen molar-refractivity contribution in [2.45, 2.75) is 25.0 Å². The van der Waals surface area contributed by atoms with Gasteiger partial charge in [0.2, 0.25) is 0 Å². The van der Waals surface area contributed by atoms with Crippen molar-refractivity contribution in [3.63, 3.8) is 0 Å². The van der Waals surface area contributed by atoms with Crippen molar-refractivity contribution in [1.82, 2.24) is 15.1 Å². The molecule has 1 aliphatic heterocycles. The van der Waals surface area contributed by atoms with E-state index in [1.807, 2.05) is 11.8 Å². The van der Waals surface area contributed by atoms with Gasteiger partial charge in [0, 0.05) is 23.6 Å². The summed E-state index contributed by atoms with van der Waals surface area (Å²) in [6, 6.07) is 1.47. The summed E-state index contributed by atoms with van der Waals surface area (Å²) in [7, 11) is 0. The highest BCUT2D eigenvalue weighted by atomic mass is 35.5. The number of halogens is 2. The van der Waals surface area contributed by atoms with E-state index in [1.165, 1.54) is 6.07 Å². The molecule has 1 saturated heterocycles. The normalized spacial score (nSPS) is 19.1. The van der Waals surface area contributed by atoms with Crippen LogP contribution in [-0.4, -0.2) is 44.6 Å². The lowest BCUT2D eigenvalue weighted by molar-refractivity contribution is 0.0764. The number of nitrogens with zero attached hydrogens (tertiary/aromatic N) is 3. The molecule has 0 aromatic carbocycles. The van der Waals surface area contributed by atoms with Gasteiger partial charge in [-0.15, -0.1) is 10.2 Å². The molecule has 1 aromatic rings. The number of hydrogen-bond acceptors (Lipinski definition) is 4. The number of carbonyl (C=O) groups excluding carboxylic acids is 1. The molecule has 0 N–H and O–H groups in total. The fraction of sp³-hybridized carbons (Fsp3) is 0.583. The molecule has 0 aliphatic carbocycles. The Balaban J connectivity index is 2.17. The van der Waals surface area contributed by atoms with E-state index in [9.17, 15) is 4.79 Å². The van der Waals surface area contributed by atoms with Gasteiger partial charge in [0.1, 0.15) is 0 Å². The average molecular weight is 320 g/mol. The van der Waals surface area contributed by atoms with Gasteiger partial charge in [-0.3, -0.25) is 4.79 Å². The highest BCUT2D eigenvalue weighted by Crippen LogP contribution is 2.31. The predicted molar refractivity (Wildman–Crippen MR) is 79.1 cm³/mol. The van der Waals surface area contributed by atoms with Gasteiger partial charge in [0.05, 0.1) is 5.56 Å². The molecule has 0 saturated carbocycles. The number of rotatable bonds is 1. The highest BCUT2D eigenvalue weighted by molar-refractivity contribution is 8.00. The van der Waals surface area contributed by atoms with Gasteiger partial charge in [0.25, 0.3) is 5.91 Å². The zero-order valence-electron chi connectivity index (χ0n) is 10.8. The first kappa shape index (κ1) is 14.9. The van der Waals surface area contributed by atoms with Crippen LogP contribution < -0.4 is 0 Å². The van der Waals surface area contributed by atoms with Crippen LogP contribution in [0.1, 0.15) is 30.6 Å². The van der Waals surface area contributed by atoms with Gasteiger partial charge in [-0.2, -0.15) is 11.8 Å². The van der Waals surface area contributed by atoms with Crippen molar-refractivity contribution in [2.75, 3.05) is 18.8 Å². The van der Waals surface area contributed by atoms with Crippen LogP contribution in [0.15, 0.2) is 6.07 Å². The van der Waals surface area contributed by atoms with Gasteiger partial charge < -0.3 is 4.90 Å². The largest absolute Gasteiger partial charge is 0.338 e. The molecule has 104 valence electrons. The second-order valence-corrected chi connectivity index (χ2v) is 7.57. The van der Waals surface area contributed by atoms with Gasteiger partial charge in [-0.05, 0) is 12.5 Å². The van der Waals surface area contributed by atoms with Crippen LogP contribution in [0.5, 0.6) is 0 Å². The molecule has 7 heteroatoms. The van der Waals surface area contributed by atoms with Crippen molar-refractivity contribution in [2.24, 2.45) is 0 Å². The Labute approximate surface area is 126 Å². The summed E-state index contributed by atoms with van der Waals surface area (Å²) in [6.45, 7) is 5.82. The molecule has 4 nitrogen and oxygen atoms in total. The summed E-state index contributed by atoms with van der Waals surface area (Å²) >= 11 is 13.6. The zero-order chi connectivity index (χ0) is 14.0. The lowest BCUT2D eigenvalue weighted by atomic mass is 10.1. The molecule has 19 heavy (non-hydrogen) atoms. The Morgan fingerprint density at radius 3 is 2.84 bits per heavy atom. The third-order valence-corrected chi connectivity index (χ3v) is 4.91. The Kier molecular flexibility index (Phi) is 4.58. The number of aromatic nitrogens is 2. The molecule has 0 radical (unpaired) electrons. The predicted octanol–water partition coefficient (Wildman–Crippen LogP) is 3.14. The maximum Gasteiger partial charge on any atom is 0.257 e. The minimum atomic E-state index is -0.125. The molecule has 1 amide bonds. The average Bonchev–Trinajstić information content (AvgIpc) is 2.52. The number of amides is 1. The quantitative estimate of drug-likeness (QED) is 0.797. The molecule has 1 aliphatic rings. The standard InChI is InChI=1S/C12H15Cl2N3OS/c1-12(2)3-4-17(5-6-19-12)11(18)8-7-9(13)15-16-10(8)14/h7H,3-6H2,1-2H3. The highest BCUT2D eigenvalue weighted by Gasteiger charge is 2.27. The first-order chi connectivity index (χ1) is 8.89. The van der Waals surface area contributed by atoms with Crippen molar-refractivity contribution in [1.29, 1.82) is 0 Å². The summed E-state index contributed by atoms with van der Waals surface area (Å²) in [5.74, 6) is 0.794. The van der Waals surface area contributed by atoms with E-state index in [0.717, 1.165) is 18.7 Å². The molecule has 0 unspecified atom stereocenters. The molecule has 1 aromatic heterocycles. The fourth-order valence-corrected chi connectivity index (χ4v) is 3.32. The maximum absolute atomic E-state index is 12.4. The number of hydrogen-bond donors (Lipinski definition) is 0. The Morgan fingerprint density at radius 2 is 2.11 bits per heavy atom. The summed E-state index contributed by atoms with van der Waals surface area (Å²) in [4.78, 5) is 14.2. The molecule has 2 rings (SSSR count). The minimum absolute atomic E-state index is 0.102. The lowest BCUT2D eigenvalue weighted by Crippen LogP contribution is -2.34. The van der Waals surface area contributed by atoms with E-state index in [-0.39, 0.29) is 21.0 Å². The van der Waals surface area contributed by atoms with E-state index in [4.69, 9.17) is 23.2 Å². The lowest BCUT2D eigenvalue weighted by Gasteiger charge is -2.22. The van der Waals surface area contributed by atoms with Gasteiger partial charge in [-0.1, -0.05) is 37.0 Å². The summed E-state index contributed by atoms with van der Waals surface area (Å²) in [6.07, 6.45) is 0.952. The Bertz CT molecular complexity index is 496. The van der Waals surface area contributed by atoms with E-state index in [0.29, 0.717) is 12.1 Å². The van der Waals surface area contributed by atoms with Crippen LogP contribution in [0, 0.1) is 0 Å². The van der Waals surface area contributed by atoms with Crippen molar-refractivity contribution >= 4 is 40.9 Å². The molecule has 0 spiro atoms. The molecule has 0 atom stereocenters. The third-order valence-electron chi connectivity index (χ3n) is 3.07. The van der Waals surface area contributed by atoms with Gasteiger partial charge in [-0.25, -0.2) is 0 Å². The first-order valence-electron chi connectivity index (χ1n) is 6.01. The molecular formula is C12H15Cl2N3OS. The third kappa shape index (κ3) is 3.74. The SMILES string of the molecule is CC1(C)CCN(C(=O)c2cc(Cl)nnc2Cl)CCS1. The smallest absolute Gasteiger partial charge is 0.257 e. The van der Waals surface area contributed by atoms with Crippen molar-refractivity contribution in [3.05, 3.63) is 21.9 Å². The molecule has 2 heterocycles. The van der Waals surface area contributed by atoms with Crippen LogP contribution >= 0.6 is 35.0 Å². The van der Waals surface area contributed by atoms with E-state index in [1.54, 1.807) is 4.90 Å². The van der Waals surface area contributed by atoms with Crippen LogP contribution in [0.2, 0.25) is 10.3 Å². The number of thioether (sulfide) groups is 1. The van der Waals surface area contributed by atoms with E-state index >= 15 is 0 Å². The zero-order valence-corrected chi connectivity index (χ0v) is 13.1. The van der Waals surface area contributed by atoms with Crippen LogP contribution in [0.4, 0.5) is 0 Å². The fourth-order valence-electron chi connectivity index (χ4n) is 1.90. The van der Waals surface area contributed by atoms with Crippen molar-refractivity contribution in [3.8, 4) is 0 Å². The van der Waals surface area contributed by atoms with Crippen LogP contribution in [-0.2, 0) is 0 Å². The van der Waals surface area contributed by atoms with E-state index in [2.05, 4.69) is 24.0 Å². The summed E-state index contributed by atoms with van der Waals surface area (Å²) in [5.41, 5.74) is 0.325. The van der Waals surface area contributed by atoms with Gasteiger partial charge >= 0.3 is 0 Å². The second kappa shape index (κ2) is 5.85. The molecule has 1 fully saturated rings. The minimum Gasteiger partial charge on any atom is -0.338 e.